The topological polar surface area (TPSA) is 81.1 Å². The average Bonchev–Trinajstić information content (AvgIpc) is 2.69. The molecule has 3 unspecified atom stereocenters. The molecule has 2 N–H and O–H groups in total. The number of benzene rings is 1. The second-order valence-electron chi connectivity index (χ2n) is 6.31. The Bertz CT molecular complexity index is 653. The first-order valence-corrected chi connectivity index (χ1v) is 7.61. The van der Waals surface area contributed by atoms with Crippen molar-refractivity contribution in [2.45, 2.75) is 43.9 Å². The lowest BCUT2D eigenvalue weighted by Gasteiger charge is -2.48. The quantitative estimate of drug-likeness (QED) is 0.826. The van der Waals surface area contributed by atoms with Crippen molar-refractivity contribution in [3.63, 3.8) is 0 Å². The molecule has 2 amide bonds. The molecule has 2 aliphatic rings. The van der Waals surface area contributed by atoms with Crippen LogP contribution in [-0.2, 0) is 4.79 Å². The van der Waals surface area contributed by atoms with E-state index in [1.807, 2.05) is 0 Å². The number of piperidine rings is 1. The summed E-state index contributed by atoms with van der Waals surface area (Å²) >= 11 is 0. The Balaban J connectivity index is 1.98. The number of hydrogen-bond donors (Lipinski definition) is 2. The Morgan fingerprint density at radius 3 is 2.78 bits per heavy atom. The summed E-state index contributed by atoms with van der Waals surface area (Å²) in [5.74, 6) is -0.720. The maximum absolute atomic E-state index is 13.6. The van der Waals surface area contributed by atoms with Crippen LogP contribution in [0.4, 0.5) is 14.9 Å². The maximum atomic E-state index is 13.6. The minimum Gasteiger partial charge on any atom is -0.465 e. The molecule has 2 saturated heterocycles. The molecule has 23 heavy (non-hydrogen) atoms. The van der Waals surface area contributed by atoms with Gasteiger partial charge in [0.25, 0.3) is 0 Å². The summed E-state index contributed by atoms with van der Waals surface area (Å²) in [6.07, 6.45) is -1.29. The van der Waals surface area contributed by atoms with Crippen molar-refractivity contribution in [2.75, 3.05) is 11.4 Å². The van der Waals surface area contributed by atoms with Crippen molar-refractivity contribution in [1.29, 1.82) is 0 Å². The van der Waals surface area contributed by atoms with E-state index in [0.29, 0.717) is 18.5 Å². The predicted molar refractivity (Wildman–Crippen MR) is 80.7 cm³/mol. The summed E-state index contributed by atoms with van der Waals surface area (Å²) in [4.78, 5) is 26.4. The van der Waals surface area contributed by atoms with Gasteiger partial charge in [0, 0.05) is 18.3 Å². The molecule has 2 heterocycles. The SMILES string of the molecule is CC1CC2(CCN1C(=O)O)C(O)CC(=O)N2c1cccc(F)c1. The summed E-state index contributed by atoms with van der Waals surface area (Å²) < 4.78 is 13.6. The first kappa shape index (κ1) is 15.7. The maximum Gasteiger partial charge on any atom is 0.407 e. The van der Waals surface area contributed by atoms with Gasteiger partial charge in [0.2, 0.25) is 5.91 Å². The van der Waals surface area contributed by atoms with Gasteiger partial charge in [-0.1, -0.05) is 6.07 Å². The molecule has 0 radical (unpaired) electrons. The number of carbonyl (C=O) groups is 2. The Labute approximate surface area is 133 Å². The van der Waals surface area contributed by atoms with Gasteiger partial charge in [-0.2, -0.15) is 0 Å². The Hall–Kier alpha value is -2.15. The number of amides is 2. The van der Waals surface area contributed by atoms with Gasteiger partial charge in [-0.25, -0.2) is 9.18 Å². The molecular weight excluding hydrogens is 303 g/mol. The van der Waals surface area contributed by atoms with Crippen LogP contribution in [-0.4, -0.2) is 51.3 Å². The van der Waals surface area contributed by atoms with Crippen molar-refractivity contribution in [1.82, 2.24) is 4.90 Å². The summed E-state index contributed by atoms with van der Waals surface area (Å²) in [5, 5.41) is 19.7. The number of nitrogens with zero attached hydrogens (tertiary/aromatic N) is 2. The fourth-order valence-electron chi connectivity index (χ4n) is 3.91. The molecule has 7 heteroatoms. The van der Waals surface area contributed by atoms with E-state index in [0.717, 1.165) is 0 Å². The van der Waals surface area contributed by atoms with E-state index in [9.17, 15) is 24.2 Å². The van der Waals surface area contributed by atoms with Gasteiger partial charge < -0.3 is 20.0 Å². The lowest BCUT2D eigenvalue weighted by molar-refractivity contribution is -0.117. The van der Waals surface area contributed by atoms with Crippen molar-refractivity contribution in [3.05, 3.63) is 30.1 Å². The standard InChI is InChI=1S/C16H19FN2O4/c1-10-9-16(5-6-18(10)15(22)23)13(20)8-14(21)19(16)12-4-2-3-11(17)7-12/h2-4,7,10,13,20H,5-6,8-9H2,1H3,(H,22,23). The summed E-state index contributed by atoms with van der Waals surface area (Å²) in [7, 11) is 0. The molecule has 1 spiro atoms. The molecule has 0 aliphatic carbocycles. The minimum absolute atomic E-state index is 0.0314. The minimum atomic E-state index is -1.01. The van der Waals surface area contributed by atoms with E-state index in [2.05, 4.69) is 0 Å². The van der Waals surface area contributed by atoms with Crippen LogP contribution in [0.1, 0.15) is 26.2 Å². The van der Waals surface area contributed by atoms with E-state index in [-0.39, 0.29) is 24.9 Å². The van der Waals surface area contributed by atoms with Crippen LogP contribution in [0, 0.1) is 5.82 Å². The van der Waals surface area contributed by atoms with Gasteiger partial charge in [-0.15, -0.1) is 0 Å². The van der Waals surface area contributed by atoms with E-state index < -0.39 is 23.6 Å². The number of anilines is 1. The summed E-state index contributed by atoms with van der Waals surface area (Å²) in [6.45, 7) is 1.99. The lowest BCUT2D eigenvalue weighted by atomic mass is 9.79. The van der Waals surface area contributed by atoms with E-state index >= 15 is 0 Å². The van der Waals surface area contributed by atoms with Crippen LogP contribution in [0.5, 0.6) is 0 Å². The van der Waals surface area contributed by atoms with E-state index in [4.69, 9.17) is 0 Å². The highest BCUT2D eigenvalue weighted by Crippen LogP contribution is 2.44. The largest absolute Gasteiger partial charge is 0.465 e. The first-order chi connectivity index (χ1) is 10.8. The second-order valence-corrected chi connectivity index (χ2v) is 6.31. The van der Waals surface area contributed by atoms with Gasteiger partial charge in [0.05, 0.1) is 18.1 Å². The smallest absolute Gasteiger partial charge is 0.407 e. The molecule has 6 nitrogen and oxygen atoms in total. The zero-order chi connectivity index (χ0) is 16.8. The fraction of sp³-hybridized carbons (Fsp3) is 0.500. The van der Waals surface area contributed by atoms with Crippen molar-refractivity contribution >= 4 is 17.7 Å². The number of carbonyl (C=O) groups excluding carboxylic acids is 1. The highest BCUT2D eigenvalue weighted by Gasteiger charge is 2.56. The van der Waals surface area contributed by atoms with Crippen molar-refractivity contribution in [2.24, 2.45) is 0 Å². The normalized spacial score (nSPS) is 31.0. The zero-order valence-electron chi connectivity index (χ0n) is 12.8. The van der Waals surface area contributed by atoms with Crippen LogP contribution in [0.15, 0.2) is 24.3 Å². The zero-order valence-corrected chi connectivity index (χ0v) is 12.8. The Morgan fingerprint density at radius 1 is 1.43 bits per heavy atom. The van der Waals surface area contributed by atoms with Crippen LogP contribution in [0.2, 0.25) is 0 Å². The van der Waals surface area contributed by atoms with Gasteiger partial charge in [0.15, 0.2) is 0 Å². The Kier molecular flexibility index (Phi) is 3.75. The molecule has 0 saturated carbocycles. The predicted octanol–water partition coefficient (Wildman–Crippen LogP) is 1.82. The second kappa shape index (κ2) is 5.49. The molecule has 3 rings (SSSR count). The van der Waals surface area contributed by atoms with E-state index in [1.54, 1.807) is 13.0 Å². The number of hydrogen-bond acceptors (Lipinski definition) is 3. The highest BCUT2D eigenvalue weighted by atomic mass is 19.1. The third kappa shape index (κ3) is 2.45. The number of aliphatic hydroxyl groups excluding tert-OH is 1. The third-order valence-corrected chi connectivity index (χ3v) is 4.96. The molecule has 3 atom stereocenters. The number of aliphatic hydroxyl groups is 1. The van der Waals surface area contributed by atoms with E-state index in [1.165, 1.54) is 28.0 Å². The molecule has 2 fully saturated rings. The van der Waals surface area contributed by atoms with Crippen LogP contribution < -0.4 is 4.90 Å². The van der Waals surface area contributed by atoms with Gasteiger partial charge in [0.1, 0.15) is 5.82 Å². The molecule has 0 aromatic heterocycles. The fourth-order valence-corrected chi connectivity index (χ4v) is 3.91. The first-order valence-electron chi connectivity index (χ1n) is 7.61. The molecule has 124 valence electrons. The number of rotatable bonds is 1. The van der Waals surface area contributed by atoms with Crippen LogP contribution in [0.3, 0.4) is 0 Å². The lowest BCUT2D eigenvalue weighted by Crippen LogP contribution is -2.61. The molecule has 1 aromatic carbocycles. The monoisotopic (exact) mass is 322 g/mol. The molecular formula is C16H19FN2O4. The number of carboxylic acid groups (broad SMARTS) is 1. The van der Waals surface area contributed by atoms with Crippen molar-refractivity contribution < 1.29 is 24.2 Å². The van der Waals surface area contributed by atoms with Gasteiger partial charge >= 0.3 is 6.09 Å². The number of halogens is 1. The summed E-state index contributed by atoms with van der Waals surface area (Å²) in [5.41, 5.74) is -0.474. The molecule has 2 aliphatic heterocycles. The number of likely N-dealkylation sites (tertiary alicyclic amines) is 1. The van der Waals surface area contributed by atoms with Gasteiger partial charge in [-0.3, -0.25) is 4.79 Å². The molecule has 1 aromatic rings. The third-order valence-electron chi connectivity index (χ3n) is 4.96. The van der Waals surface area contributed by atoms with Crippen LogP contribution >= 0.6 is 0 Å². The summed E-state index contributed by atoms with van der Waals surface area (Å²) in [6, 6.07) is 5.38. The average molecular weight is 322 g/mol. The van der Waals surface area contributed by atoms with Gasteiger partial charge in [-0.05, 0) is 38.0 Å². The Morgan fingerprint density at radius 2 is 2.17 bits per heavy atom. The van der Waals surface area contributed by atoms with Crippen LogP contribution in [0.25, 0.3) is 0 Å². The molecule has 0 bridgehead atoms. The van der Waals surface area contributed by atoms with Crippen molar-refractivity contribution in [3.8, 4) is 0 Å². The highest BCUT2D eigenvalue weighted by molar-refractivity contribution is 5.98.